The van der Waals surface area contributed by atoms with Crippen LogP contribution in [0, 0.1) is 5.92 Å². The van der Waals surface area contributed by atoms with Gasteiger partial charge in [0.05, 0.1) is 12.2 Å². The van der Waals surface area contributed by atoms with Crippen molar-refractivity contribution in [3.63, 3.8) is 0 Å². The van der Waals surface area contributed by atoms with E-state index in [4.69, 9.17) is 15.7 Å². The van der Waals surface area contributed by atoms with E-state index in [-0.39, 0.29) is 5.56 Å². The average Bonchev–Trinajstić information content (AvgIpc) is 2.87. The highest BCUT2D eigenvalue weighted by molar-refractivity contribution is 7.99. The molecule has 0 aliphatic carbocycles. The molecule has 0 saturated heterocycles. The Kier molecular flexibility index (Phi) is 6.48. The molecule has 24 heavy (non-hydrogen) atoms. The molecule has 1 heterocycles. The maximum atomic E-state index is 10.8. The lowest BCUT2D eigenvalue weighted by molar-refractivity contribution is 0.0697. The van der Waals surface area contributed by atoms with Crippen molar-refractivity contribution < 1.29 is 14.6 Å². The molecule has 7 nitrogen and oxygen atoms in total. The molecule has 0 radical (unpaired) electrons. The van der Waals surface area contributed by atoms with Gasteiger partial charge in [-0.15, -0.1) is 10.2 Å². The summed E-state index contributed by atoms with van der Waals surface area (Å²) in [6.45, 7) is 4.76. The third-order valence-electron chi connectivity index (χ3n) is 3.22. The van der Waals surface area contributed by atoms with Gasteiger partial charge in [-0.2, -0.15) is 0 Å². The monoisotopic (exact) mass is 350 g/mol. The summed E-state index contributed by atoms with van der Waals surface area (Å²) in [6, 6.07) is 6.37. The van der Waals surface area contributed by atoms with E-state index in [0.29, 0.717) is 23.4 Å². The lowest BCUT2D eigenvalue weighted by Gasteiger charge is -2.07. The Morgan fingerprint density at radius 3 is 2.67 bits per heavy atom. The fourth-order valence-corrected chi connectivity index (χ4v) is 2.80. The summed E-state index contributed by atoms with van der Waals surface area (Å²) in [7, 11) is 0. The van der Waals surface area contributed by atoms with Crippen molar-refractivity contribution in [3.05, 3.63) is 35.7 Å². The zero-order valence-electron chi connectivity index (χ0n) is 13.8. The Labute approximate surface area is 145 Å². The van der Waals surface area contributed by atoms with E-state index >= 15 is 0 Å². The fourth-order valence-electron chi connectivity index (χ4n) is 2.02. The van der Waals surface area contributed by atoms with E-state index in [1.54, 1.807) is 28.6 Å². The number of thioether (sulfide) groups is 1. The van der Waals surface area contributed by atoms with Crippen LogP contribution < -0.4 is 10.6 Å². The lowest BCUT2D eigenvalue weighted by Crippen LogP contribution is -2.15. The van der Waals surface area contributed by atoms with E-state index in [2.05, 4.69) is 24.0 Å². The quantitative estimate of drug-likeness (QED) is 0.407. The van der Waals surface area contributed by atoms with Crippen LogP contribution in [0.15, 0.2) is 29.4 Å². The summed E-state index contributed by atoms with van der Waals surface area (Å²) in [5.74, 6) is 7.79. The summed E-state index contributed by atoms with van der Waals surface area (Å²) in [4.78, 5) is 10.8. The number of rotatable bonds is 9. The summed E-state index contributed by atoms with van der Waals surface area (Å²) in [6.07, 6.45) is 1.62. The minimum atomic E-state index is -0.944. The highest BCUT2D eigenvalue weighted by Gasteiger charge is 2.11. The zero-order valence-corrected chi connectivity index (χ0v) is 14.6. The molecule has 0 fully saturated rings. The van der Waals surface area contributed by atoms with Crippen molar-refractivity contribution in [2.45, 2.75) is 31.8 Å². The zero-order chi connectivity index (χ0) is 17.5. The van der Waals surface area contributed by atoms with Gasteiger partial charge in [0.25, 0.3) is 0 Å². The minimum absolute atomic E-state index is 0.248. The van der Waals surface area contributed by atoms with E-state index in [0.717, 1.165) is 24.4 Å². The maximum Gasteiger partial charge on any atom is 0.335 e. The molecule has 0 aliphatic heterocycles. The van der Waals surface area contributed by atoms with Gasteiger partial charge in [0.1, 0.15) is 5.75 Å². The average molecular weight is 350 g/mol. The number of nitrogens with two attached hydrogens (primary N) is 1. The Morgan fingerprint density at radius 1 is 1.33 bits per heavy atom. The number of hydrogen-bond acceptors (Lipinski definition) is 6. The van der Waals surface area contributed by atoms with Gasteiger partial charge in [-0.05, 0) is 36.6 Å². The molecular formula is C16H22N4O3S. The molecule has 2 aromatic rings. The Balaban J connectivity index is 1.71. The maximum absolute atomic E-state index is 10.8. The number of carbonyl (C=O) groups is 1. The Hall–Kier alpha value is -2.22. The van der Waals surface area contributed by atoms with Crippen LogP contribution in [0.3, 0.4) is 0 Å². The number of nitrogens with zero attached hydrogens (tertiary/aromatic N) is 3. The predicted molar refractivity (Wildman–Crippen MR) is 93.0 cm³/mol. The van der Waals surface area contributed by atoms with Crippen molar-refractivity contribution in [2.24, 2.45) is 5.92 Å². The van der Waals surface area contributed by atoms with Crippen LogP contribution in [0.1, 0.15) is 36.5 Å². The van der Waals surface area contributed by atoms with Gasteiger partial charge in [0.2, 0.25) is 5.16 Å². The van der Waals surface area contributed by atoms with Gasteiger partial charge >= 0.3 is 5.97 Å². The minimum Gasteiger partial charge on any atom is -0.494 e. The number of aromatic carboxylic acids is 1. The smallest absolute Gasteiger partial charge is 0.335 e. The largest absolute Gasteiger partial charge is 0.494 e. The van der Waals surface area contributed by atoms with E-state index < -0.39 is 5.97 Å². The summed E-state index contributed by atoms with van der Waals surface area (Å²) in [5, 5.41) is 17.8. The molecule has 1 aromatic carbocycles. The van der Waals surface area contributed by atoms with E-state index in [9.17, 15) is 4.79 Å². The van der Waals surface area contributed by atoms with Gasteiger partial charge in [0, 0.05) is 12.2 Å². The van der Waals surface area contributed by atoms with Gasteiger partial charge in [0.15, 0.2) is 5.82 Å². The first-order chi connectivity index (χ1) is 11.5. The Bertz CT molecular complexity index is 670. The summed E-state index contributed by atoms with van der Waals surface area (Å²) >= 11 is 1.54. The van der Waals surface area contributed by atoms with Crippen molar-refractivity contribution in [1.82, 2.24) is 14.9 Å². The van der Waals surface area contributed by atoms with Crippen LogP contribution in [0.5, 0.6) is 5.75 Å². The van der Waals surface area contributed by atoms with Crippen LogP contribution in [0.2, 0.25) is 0 Å². The van der Waals surface area contributed by atoms with Crippen molar-refractivity contribution in [2.75, 3.05) is 18.2 Å². The highest BCUT2D eigenvalue weighted by atomic mass is 32.2. The van der Waals surface area contributed by atoms with Gasteiger partial charge in [-0.1, -0.05) is 25.6 Å². The lowest BCUT2D eigenvalue weighted by atomic mass is 10.1. The molecular weight excluding hydrogens is 328 g/mol. The molecule has 0 unspecified atom stereocenters. The van der Waals surface area contributed by atoms with Gasteiger partial charge in [-0.3, -0.25) is 0 Å². The number of carboxylic acids is 1. The molecule has 3 N–H and O–H groups in total. The molecule has 0 aliphatic rings. The van der Waals surface area contributed by atoms with Crippen LogP contribution in [0.4, 0.5) is 0 Å². The van der Waals surface area contributed by atoms with E-state index in [1.165, 1.54) is 12.1 Å². The van der Waals surface area contributed by atoms with Crippen molar-refractivity contribution in [1.29, 1.82) is 0 Å². The second-order valence-corrected chi connectivity index (χ2v) is 6.81. The SMILES string of the molecule is CC(C)Cc1nnc(SCCCOc2ccc(C(=O)O)cc2)n1N. The van der Waals surface area contributed by atoms with Gasteiger partial charge in [-0.25, -0.2) is 9.47 Å². The topological polar surface area (TPSA) is 103 Å². The number of nitrogen functional groups attached to an aromatic ring is 1. The molecule has 0 atom stereocenters. The highest BCUT2D eigenvalue weighted by Crippen LogP contribution is 2.18. The van der Waals surface area contributed by atoms with Gasteiger partial charge < -0.3 is 15.7 Å². The fraction of sp³-hybridized carbons (Fsp3) is 0.438. The first-order valence-corrected chi connectivity index (χ1v) is 8.74. The number of carboxylic acid groups (broad SMARTS) is 1. The second kappa shape index (κ2) is 8.58. The van der Waals surface area contributed by atoms with Crippen molar-refractivity contribution in [3.8, 4) is 5.75 Å². The molecule has 0 amide bonds. The Morgan fingerprint density at radius 2 is 2.04 bits per heavy atom. The van der Waals surface area contributed by atoms with Crippen LogP contribution in [-0.2, 0) is 6.42 Å². The van der Waals surface area contributed by atoms with E-state index in [1.807, 2.05) is 0 Å². The van der Waals surface area contributed by atoms with Crippen LogP contribution in [0.25, 0.3) is 0 Å². The molecule has 130 valence electrons. The van der Waals surface area contributed by atoms with Crippen LogP contribution in [-0.4, -0.2) is 38.3 Å². The van der Waals surface area contributed by atoms with Crippen molar-refractivity contribution >= 4 is 17.7 Å². The second-order valence-electron chi connectivity index (χ2n) is 5.75. The number of ether oxygens (including phenoxy) is 1. The van der Waals surface area contributed by atoms with Crippen LogP contribution >= 0.6 is 11.8 Å². The molecule has 0 saturated carbocycles. The first-order valence-electron chi connectivity index (χ1n) is 7.75. The number of benzene rings is 1. The molecule has 1 aromatic heterocycles. The molecule has 0 bridgehead atoms. The normalized spacial score (nSPS) is 11.0. The first kappa shape index (κ1) is 18.1. The summed E-state index contributed by atoms with van der Waals surface area (Å²) < 4.78 is 7.14. The molecule has 2 rings (SSSR count). The predicted octanol–water partition coefficient (Wildman–Crippen LogP) is 2.45. The summed E-state index contributed by atoms with van der Waals surface area (Å²) in [5.41, 5.74) is 0.248. The number of hydrogen-bond donors (Lipinski definition) is 2. The molecule has 8 heteroatoms. The number of aromatic nitrogens is 3. The standard InChI is InChI=1S/C16H22N4O3S/c1-11(2)10-14-18-19-16(20(14)17)24-9-3-8-23-13-6-4-12(5-7-13)15(21)22/h4-7,11H,3,8-10,17H2,1-2H3,(H,21,22). The molecule has 0 spiro atoms. The third-order valence-corrected chi connectivity index (χ3v) is 4.25. The third kappa shape index (κ3) is 5.16.